The molecule has 13 nitrogen and oxygen atoms in total. The number of carboxylic acids is 1. The number of primary amides is 1. The lowest BCUT2D eigenvalue weighted by Crippen LogP contribution is -2.56. The summed E-state index contributed by atoms with van der Waals surface area (Å²) < 4.78 is 0. The molecule has 36 heavy (non-hydrogen) atoms. The molecule has 0 aliphatic rings. The van der Waals surface area contributed by atoms with E-state index < -0.39 is 53.8 Å². The highest BCUT2D eigenvalue weighted by Crippen LogP contribution is 2.11. The molecule has 0 bridgehead atoms. The predicted molar refractivity (Wildman–Crippen MR) is 130 cm³/mol. The number of unbranched alkanes of at least 4 members (excludes halogenated alkanes) is 1. The van der Waals surface area contributed by atoms with E-state index in [0.717, 1.165) is 0 Å². The van der Waals surface area contributed by atoms with Crippen molar-refractivity contribution in [2.45, 2.75) is 69.6 Å². The molecule has 0 aliphatic heterocycles. The number of rotatable bonds is 16. The van der Waals surface area contributed by atoms with Gasteiger partial charge in [-0.2, -0.15) is 0 Å². The van der Waals surface area contributed by atoms with E-state index in [1.807, 2.05) is 0 Å². The van der Waals surface area contributed by atoms with E-state index in [9.17, 15) is 34.2 Å². The molecular weight excluding hydrogens is 472 g/mol. The minimum atomic E-state index is -1.26. The SMILES string of the molecule is CC(NC(=O)C(N)Cc1ccc(O)cc1)C(=O)NC(CCC(N)=O)C(=O)NC(CCCCN)C(=O)O. The summed E-state index contributed by atoms with van der Waals surface area (Å²) in [4.78, 5) is 60.6. The quantitative estimate of drug-likeness (QED) is 0.117. The molecular formula is C23H36N6O7. The third-order valence-electron chi connectivity index (χ3n) is 5.35. The number of benzene rings is 1. The molecule has 0 aliphatic carbocycles. The molecule has 4 atom stereocenters. The van der Waals surface area contributed by atoms with Crippen molar-refractivity contribution in [3.05, 3.63) is 29.8 Å². The highest BCUT2D eigenvalue weighted by molar-refractivity contribution is 5.94. The lowest BCUT2D eigenvalue weighted by atomic mass is 10.1. The zero-order chi connectivity index (χ0) is 27.3. The Morgan fingerprint density at radius 3 is 2.06 bits per heavy atom. The zero-order valence-corrected chi connectivity index (χ0v) is 20.2. The van der Waals surface area contributed by atoms with Gasteiger partial charge in [-0.25, -0.2) is 4.79 Å². The predicted octanol–water partition coefficient (Wildman–Crippen LogP) is -1.78. The van der Waals surface area contributed by atoms with Crippen molar-refractivity contribution in [2.75, 3.05) is 6.54 Å². The average molecular weight is 509 g/mol. The van der Waals surface area contributed by atoms with Gasteiger partial charge in [0.05, 0.1) is 6.04 Å². The van der Waals surface area contributed by atoms with Crippen molar-refractivity contribution >= 4 is 29.6 Å². The fraction of sp³-hybridized carbons (Fsp3) is 0.522. The molecule has 0 saturated heterocycles. The summed E-state index contributed by atoms with van der Waals surface area (Å²) in [7, 11) is 0. The molecule has 4 amide bonds. The Morgan fingerprint density at radius 2 is 1.50 bits per heavy atom. The van der Waals surface area contributed by atoms with E-state index in [4.69, 9.17) is 17.2 Å². The summed E-state index contributed by atoms with van der Waals surface area (Å²) in [6.45, 7) is 1.76. The van der Waals surface area contributed by atoms with Crippen LogP contribution in [0.2, 0.25) is 0 Å². The number of phenolic OH excluding ortho intramolecular Hbond substituents is 1. The molecule has 0 spiro atoms. The number of aliphatic carboxylic acids is 1. The van der Waals surface area contributed by atoms with Gasteiger partial charge in [0.25, 0.3) is 0 Å². The van der Waals surface area contributed by atoms with Gasteiger partial charge in [0, 0.05) is 6.42 Å². The van der Waals surface area contributed by atoms with Crippen LogP contribution in [0.3, 0.4) is 0 Å². The lowest BCUT2D eigenvalue weighted by Gasteiger charge is -2.23. The topological polar surface area (TPSA) is 240 Å². The standard InChI is InChI=1S/C23H36N6O7/c1-13(27-21(33)16(25)12-14-5-7-15(30)8-6-14)20(32)28-17(9-10-19(26)31)22(34)29-18(23(35)36)4-2-3-11-24/h5-8,13,16-18,30H,2-4,9-12,24-25H2,1H3,(H2,26,31)(H,27,33)(H,28,32)(H,29,34)(H,35,36). The summed E-state index contributed by atoms with van der Waals surface area (Å²) in [6, 6.07) is 1.61. The Morgan fingerprint density at radius 1 is 0.889 bits per heavy atom. The first-order chi connectivity index (χ1) is 16.9. The number of hydrogen-bond acceptors (Lipinski definition) is 8. The normalized spacial score (nSPS) is 14.1. The van der Waals surface area contributed by atoms with E-state index in [-0.39, 0.29) is 31.4 Å². The number of carboxylic acid groups (broad SMARTS) is 1. The molecule has 1 aromatic carbocycles. The molecule has 1 rings (SSSR count). The summed E-state index contributed by atoms with van der Waals surface area (Å²) >= 11 is 0. The third-order valence-corrected chi connectivity index (χ3v) is 5.35. The number of amides is 4. The molecule has 0 saturated carbocycles. The highest BCUT2D eigenvalue weighted by atomic mass is 16.4. The fourth-order valence-electron chi connectivity index (χ4n) is 3.24. The van der Waals surface area contributed by atoms with Crippen molar-refractivity contribution in [1.29, 1.82) is 0 Å². The van der Waals surface area contributed by atoms with Gasteiger partial charge in [-0.3, -0.25) is 19.2 Å². The molecule has 4 unspecified atom stereocenters. The van der Waals surface area contributed by atoms with Crippen LogP contribution in [0.4, 0.5) is 0 Å². The van der Waals surface area contributed by atoms with Gasteiger partial charge in [-0.05, 0) is 63.3 Å². The summed E-state index contributed by atoms with van der Waals surface area (Å²) in [5.41, 5.74) is 17.2. The molecule has 0 radical (unpaired) electrons. The zero-order valence-electron chi connectivity index (χ0n) is 20.2. The molecule has 0 fully saturated rings. The van der Waals surface area contributed by atoms with Crippen LogP contribution in [0.1, 0.15) is 44.6 Å². The molecule has 0 heterocycles. The molecule has 0 aromatic heterocycles. The first kappa shape index (κ1) is 30.3. The first-order valence-electron chi connectivity index (χ1n) is 11.6. The van der Waals surface area contributed by atoms with E-state index in [1.54, 1.807) is 12.1 Å². The molecule has 200 valence electrons. The van der Waals surface area contributed by atoms with Crippen LogP contribution in [0.5, 0.6) is 5.75 Å². The minimum Gasteiger partial charge on any atom is -0.508 e. The Bertz CT molecular complexity index is 909. The van der Waals surface area contributed by atoms with Gasteiger partial charge in [0.2, 0.25) is 23.6 Å². The van der Waals surface area contributed by atoms with Gasteiger partial charge >= 0.3 is 5.97 Å². The Labute approximate surface area is 209 Å². The highest BCUT2D eigenvalue weighted by Gasteiger charge is 2.29. The number of hydrogen-bond donors (Lipinski definition) is 8. The summed E-state index contributed by atoms with van der Waals surface area (Å²) in [6.07, 6.45) is 0.947. The number of carbonyl (C=O) groups is 5. The van der Waals surface area contributed by atoms with E-state index in [2.05, 4.69) is 16.0 Å². The van der Waals surface area contributed by atoms with Crippen LogP contribution in [0, 0.1) is 0 Å². The third kappa shape index (κ3) is 11.1. The maximum Gasteiger partial charge on any atom is 0.326 e. The van der Waals surface area contributed by atoms with Gasteiger partial charge in [0.15, 0.2) is 0 Å². The van der Waals surface area contributed by atoms with Crippen molar-refractivity contribution in [2.24, 2.45) is 17.2 Å². The van der Waals surface area contributed by atoms with Crippen LogP contribution >= 0.6 is 0 Å². The first-order valence-corrected chi connectivity index (χ1v) is 11.6. The fourth-order valence-corrected chi connectivity index (χ4v) is 3.24. The van der Waals surface area contributed by atoms with Crippen molar-refractivity contribution in [3.63, 3.8) is 0 Å². The van der Waals surface area contributed by atoms with Crippen molar-refractivity contribution < 1.29 is 34.2 Å². The van der Waals surface area contributed by atoms with E-state index in [1.165, 1.54) is 19.1 Å². The Balaban J connectivity index is 2.76. The number of nitrogens with one attached hydrogen (secondary N) is 3. The monoisotopic (exact) mass is 508 g/mol. The van der Waals surface area contributed by atoms with E-state index >= 15 is 0 Å². The maximum atomic E-state index is 12.7. The number of carbonyl (C=O) groups excluding carboxylic acids is 4. The summed E-state index contributed by atoms with van der Waals surface area (Å²) in [5, 5.41) is 26.0. The summed E-state index contributed by atoms with van der Waals surface area (Å²) in [5.74, 6) is -4.03. The molecule has 1 aromatic rings. The average Bonchev–Trinajstić information content (AvgIpc) is 2.81. The maximum absolute atomic E-state index is 12.7. The second kappa shape index (κ2) is 15.3. The molecule has 13 heteroatoms. The second-order valence-electron chi connectivity index (χ2n) is 8.46. The number of phenols is 1. The minimum absolute atomic E-state index is 0.0715. The van der Waals surface area contributed by atoms with Crippen molar-refractivity contribution in [1.82, 2.24) is 16.0 Å². The van der Waals surface area contributed by atoms with Gasteiger partial charge < -0.3 is 43.4 Å². The van der Waals surface area contributed by atoms with Gasteiger partial charge in [0.1, 0.15) is 23.9 Å². The lowest BCUT2D eigenvalue weighted by molar-refractivity contribution is -0.142. The largest absolute Gasteiger partial charge is 0.508 e. The van der Waals surface area contributed by atoms with Crippen molar-refractivity contribution in [3.8, 4) is 5.75 Å². The number of nitrogens with two attached hydrogens (primary N) is 3. The van der Waals surface area contributed by atoms with Crippen LogP contribution in [-0.4, -0.2) is 70.5 Å². The van der Waals surface area contributed by atoms with Crippen LogP contribution in [0.15, 0.2) is 24.3 Å². The van der Waals surface area contributed by atoms with Crippen LogP contribution in [-0.2, 0) is 30.4 Å². The smallest absolute Gasteiger partial charge is 0.326 e. The number of aromatic hydroxyl groups is 1. The van der Waals surface area contributed by atoms with Crippen LogP contribution in [0.25, 0.3) is 0 Å². The second-order valence-corrected chi connectivity index (χ2v) is 8.46. The Hall–Kier alpha value is -3.71. The van der Waals surface area contributed by atoms with Gasteiger partial charge in [-0.15, -0.1) is 0 Å². The Kier molecular flexibility index (Phi) is 12.9. The van der Waals surface area contributed by atoms with E-state index in [0.29, 0.717) is 24.9 Å². The van der Waals surface area contributed by atoms with Crippen LogP contribution < -0.4 is 33.2 Å². The molecule has 11 N–H and O–H groups in total. The van der Waals surface area contributed by atoms with Gasteiger partial charge in [-0.1, -0.05) is 12.1 Å².